The van der Waals surface area contributed by atoms with E-state index in [9.17, 15) is 8.42 Å². The molecule has 1 aromatic heterocycles. The first-order chi connectivity index (χ1) is 9.41. The zero-order chi connectivity index (χ0) is 14.8. The second-order valence-corrected chi connectivity index (χ2v) is 8.11. The fourth-order valence-corrected chi connectivity index (χ4v) is 4.26. The number of aryl methyl sites for hydroxylation is 1. The Kier molecular flexibility index (Phi) is 4.78. The Labute approximate surface area is 120 Å². The Morgan fingerprint density at radius 2 is 2.20 bits per heavy atom. The summed E-state index contributed by atoms with van der Waals surface area (Å²) in [5, 5.41) is -0.248. The van der Waals surface area contributed by atoms with Crippen molar-refractivity contribution in [3.8, 4) is 0 Å². The Morgan fingerprint density at radius 3 is 2.80 bits per heavy atom. The van der Waals surface area contributed by atoms with Crippen LogP contribution in [0.4, 0.5) is 0 Å². The summed E-state index contributed by atoms with van der Waals surface area (Å²) in [5.41, 5.74) is 4.86. The van der Waals surface area contributed by atoms with Crippen LogP contribution in [0.1, 0.15) is 43.0 Å². The zero-order valence-electron chi connectivity index (χ0n) is 12.0. The Balaban J connectivity index is 2.19. The van der Waals surface area contributed by atoms with Gasteiger partial charge >= 0.3 is 0 Å². The smallest absolute Gasteiger partial charge is 0.150 e. The number of pyridine rings is 1. The number of hydrogen-bond donors (Lipinski definition) is 2. The first kappa shape index (κ1) is 15.4. The van der Waals surface area contributed by atoms with Gasteiger partial charge in [0.1, 0.15) is 9.84 Å². The topological polar surface area (TPSA) is 85.1 Å². The summed E-state index contributed by atoms with van der Waals surface area (Å²) in [4.78, 5) is 4.38. The Hall–Kier alpha value is -0.980. The molecule has 0 saturated heterocycles. The molecule has 3 unspecified atom stereocenters. The van der Waals surface area contributed by atoms with Crippen molar-refractivity contribution in [2.75, 3.05) is 6.26 Å². The highest BCUT2D eigenvalue weighted by atomic mass is 32.2. The maximum Gasteiger partial charge on any atom is 0.150 e. The lowest BCUT2D eigenvalue weighted by Crippen LogP contribution is -2.38. The molecule has 0 bridgehead atoms. The van der Waals surface area contributed by atoms with Gasteiger partial charge in [-0.1, -0.05) is 6.42 Å². The number of hydrogen-bond acceptors (Lipinski definition) is 5. The van der Waals surface area contributed by atoms with Crippen LogP contribution in [0.3, 0.4) is 0 Å². The molecule has 6 heteroatoms. The second kappa shape index (κ2) is 6.20. The number of nitrogens with zero attached hydrogens (tertiary/aromatic N) is 1. The first-order valence-electron chi connectivity index (χ1n) is 6.99. The maximum absolute atomic E-state index is 11.8. The largest absolute Gasteiger partial charge is 0.271 e. The highest BCUT2D eigenvalue weighted by Crippen LogP contribution is 2.36. The van der Waals surface area contributed by atoms with Gasteiger partial charge in [-0.25, -0.2) is 8.42 Å². The van der Waals surface area contributed by atoms with Crippen LogP contribution in [0, 0.1) is 12.8 Å². The molecule has 1 saturated carbocycles. The molecule has 1 aliphatic carbocycles. The van der Waals surface area contributed by atoms with E-state index < -0.39 is 9.84 Å². The quantitative estimate of drug-likeness (QED) is 0.650. The monoisotopic (exact) mass is 297 g/mol. The Morgan fingerprint density at radius 1 is 1.45 bits per heavy atom. The molecule has 0 amide bonds. The summed E-state index contributed by atoms with van der Waals surface area (Å²) in [5.74, 6) is 5.91. The highest BCUT2D eigenvalue weighted by molar-refractivity contribution is 7.91. The number of hydrazine groups is 1. The van der Waals surface area contributed by atoms with E-state index >= 15 is 0 Å². The fourth-order valence-electron chi connectivity index (χ4n) is 3.07. The van der Waals surface area contributed by atoms with Gasteiger partial charge in [0, 0.05) is 12.5 Å². The van der Waals surface area contributed by atoms with Crippen molar-refractivity contribution in [1.82, 2.24) is 10.4 Å². The second-order valence-electron chi connectivity index (χ2n) is 5.78. The molecular formula is C14H23N3O2S. The Bertz CT molecular complexity index is 559. The van der Waals surface area contributed by atoms with Crippen molar-refractivity contribution in [2.45, 2.75) is 43.9 Å². The molecule has 3 N–H and O–H groups in total. The van der Waals surface area contributed by atoms with Crippen molar-refractivity contribution in [3.63, 3.8) is 0 Å². The minimum atomic E-state index is -2.98. The van der Waals surface area contributed by atoms with Crippen LogP contribution >= 0.6 is 0 Å². The van der Waals surface area contributed by atoms with E-state index in [1.165, 1.54) is 6.26 Å². The lowest BCUT2D eigenvalue weighted by molar-refractivity contribution is 0.270. The van der Waals surface area contributed by atoms with E-state index in [1.54, 1.807) is 6.20 Å². The minimum Gasteiger partial charge on any atom is -0.271 e. The van der Waals surface area contributed by atoms with E-state index in [4.69, 9.17) is 5.84 Å². The molecule has 0 aromatic carbocycles. The van der Waals surface area contributed by atoms with Crippen LogP contribution in [0.15, 0.2) is 18.3 Å². The molecule has 1 aliphatic rings. The van der Waals surface area contributed by atoms with Crippen molar-refractivity contribution in [3.05, 3.63) is 29.6 Å². The molecule has 0 radical (unpaired) electrons. The predicted molar refractivity (Wildman–Crippen MR) is 79.6 cm³/mol. The number of rotatable bonds is 4. The van der Waals surface area contributed by atoms with Crippen molar-refractivity contribution >= 4 is 9.84 Å². The summed E-state index contributed by atoms with van der Waals surface area (Å²) < 4.78 is 23.5. The third-order valence-corrected chi connectivity index (χ3v) is 5.82. The van der Waals surface area contributed by atoms with Crippen LogP contribution in [0.25, 0.3) is 0 Å². The van der Waals surface area contributed by atoms with Crippen molar-refractivity contribution < 1.29 is 8.42 Å². The molecule has 3 atom stereocenters. The summed E-state index contributed by atoms with van der Waals surface area (Å²) in [7, 11) is -2.98. The highest BCUT2D eigenvalue weighted by Gasteiger charge is 2.33. The molecule has 20 heavy (non-hydrogen) atoms. The van der Waals surface area contributed by atoms with E-state index in [2.05, 4.69) is 10.4 Å². The van der Waals surface area contributed by atoms with Gasteiger partial charge in [0.2, 0.25) is 0 Å². The normalized spacial score (nSPS) is 25.4. The molecule has 112 valence electrons. The van der Waals surface area contributed by atoms with Crippen LogP contribution in [-0.4, -0.2) is 24.9 Å². The predicted octanol–water partition coefficient (Wildman–Crippen LogP) is 1.50. The fraction of sp³-hybridized carbons (Fsp3) is 0.643. The summed E-state index contributed by atoms with van der Waals surface area (Å²) in [6, 6.07) is 3.87. The van der Waals surface area contributed by atoms with E-state index in [1.807, 2.05) is 19.1 Å². The van der Waals surface area contributed by atoms with E-state index in [0.717, 1.165) is 30.5 Å². The minimum absolute atomic E-state index is 0.0838. The summed E-state index contributed by atoms with van der Waals surface area (Å²) in [6.07, 6.45) is 6.42. The average molecular weight is 297 g/mol. The third-order valence-electron chi connectivity index (χ3n) is 4.18. The maximum atomic E-state index is 11.8. The zero-order valence-corrected chi connectivity index (χ0v) is 12.9. The van der Waals surface area contributed by atoms with E-state index in [0.29, 0.717) is 6.42 Å². The lowest BCUT2D eigenvalue weighted by Gasteiger charge is -2.33. The van der Waals surface area contributed by atoms with Crippen LogP contribution < -0.4 is 11.3 Å². The number of sulfone groups is 1. The van der Waals surface area contributed by atoms with Gasteiger partial charge in [0.15, 0.2) is 0 Å². The number of nitrogens with two attached hydrogens (primary N) is 1. The van der Waals surface area contributed by atoms with Gasteiger partial charge in [-0.2, -0.15) is 0 Å². The van der Waals surface area contributed by atoms with Gasteiger partial charge in [-0.05, 0) is 49.8 Å². The van der Waals surface area contributed by atoms with Crippen LogP contribution in [0.2, 0.25) is 0 Å². The molecule has 0 spiro atoms. The molecule has 1 heterocycles. The molecule has 1 aromatic rings. The average Bonchev–Trinajstić information content (AvgIpc) is 2.39. The van der Waals surface area contributed by atoms with Gasteiger partial charge in [-0.3, -0.25) is 16.3 Å². The van der Waals surface area contributed by atoms with E-state index in [-0.39, 0.29) is 17.2 Å². The third kappa shape index (κ3) is 3.56. The number of aromatic nitrogens is 1. The van der Waals surface area contributed by atoms with Crippen molar-refractivity contribution in [1.29, 1.82) is 0 Å². The van der Waals surface area contributed by atoms with Gasteiger partial charge in [0.25, 0.3) is 0 Å². The summed E-state index contributed by atoms with van der Waals surface area (Å²) >= 11 is 0. The number of nitrogens with one attached hydrogen (secondary N) is 1. The molecular weight excluding hydrogens is 274 g/mol. The van der Waals surface area contributed by atoms with Crippen molar-refractivity contribution in [2.24, 2.45) is 11.8 Å². The standard InChI is InChI=1S/C14H23N3O2S/c1-10-6-7-16-13(8-10)14(17-15)11-4-3-5-12(9-11)20(2,18)19/h6-8,11-12,14,17H,3-5,9,15H2,1-2H3. The molecule has 1 fully saturated rings. The SMILES string of the molecule is Cc1ccnc(C(NN)C2CCCC(S(C)(=O)=O)C2)c1. The summed E-state index contributed by atoms with van der Waals surface area (Å²) in [6.45, 7) is 2.01. The first-order valence-corrected chi connectivity index (χ1v) is 8.95. The molecule has 0 aliphatic heterocycles. The van der Waals surface area contributed by atoms with Crippen LogP contribution in [-0.2, 0) is 9.84 Å². The lowest BCUT2D eigenvalue weighted by atomic mass is 9.82. The molecule has 5 nitrogen and oxygen atoms in total. The van der Waals surface area contributed by atoms with Gasteiger partial charge < -0.3 is 0 Å². The molecule has 2 rings (SSSR count). The van der Waals surface area contributed by atoms with Gasteiger partial charge in [-0.15, -0.1) is 0 Å². The van der Waals surface area contributed by atoms with Crippen LogP contribution in [0.5, 0.6) is 0 Å². The van der Waals surface area contributed by atoms with Gasteiger partial charge in [0.05, 0.1) is 17.0 Å².